The first kappa shape index (κ1) is 11.1. The second kappa shape index (κ2) is 3.87. The maximum Gasteiger partial charge on any atom is 0.312 e. The Balaban J connectivity index is 2.63. The molecule has 0 aromatic heterocycles. The van der Waals surface area contributed by atoms with Crippen LogP contribution >= 0.6 is 11.6 Å². The Hall–Kier alpha value is -1.42. The summed E-state index contributed by atoms with van der Waals surface area (Å²) in [6.45, 7) is 0.421. The van der Waals surface area contributed by atoms with E-state index in [4.69, 9.17) is 21.4 Å². The third-order valence-electron chi connectivity index (χ3n) is 2.83. The molecule has 1 aliphatic heterocycles. The third kappa shape index (κ3) is 1.50. The molecule has 0 saturated carbocycles. The average Bonchev–Trinajstić information content (AvgIpc) is 2.59. The summed E-state index contributed by atoms with van der Waals surface area (Å²) in [5, 5.41) is 9.62. The van der Waals surface area contributed by atoms with Crippen molar-refractivity contribution in [1.82, 2.24) is 0 Å². The largest absolute Gasteiger partial charge is 0.495 e. The van der Waals surface area contributed by atoms with Crippen LogP contribution in [0.5, 0.6) is 5.75 Å². The molecule has 0 radical (unpaired) electrons. The first-order chi connectivity index (χ1) is 7.56. The molecule has 0 amide bonds. The number of anilines is 1. The van der Waals surface area contributed by atoms with Crippen molar-refractivity contribution >= 4 is 23.3 Å². The van der Waals surface area contributed by atoms with Gasteiger partial charge in [-0.2, -0.15) is 0 Å². The number of carboxylic acids is 1. The predicted octanol–water partition coefficient (Wildman–Crippen LogP) is 1.97. The summed E-state index contributed by atoms with van der Waals surface area (Å²) < 4.78 is 5.22. The smallest absolute Gasteiger partial charge is 0.312 e. The summed E-state index contributed by atoms with van der Waals surface area (Å²) in [4.78, 5) is 13.0. The highest BCUT2D eigenvalue weighted by Gasteiger charge is 2.36. The number of rotatable bonds is 2. The van der Waals surface area contributed by atoms with Crippen LogP contribution in [-0.2, 0) is 4.79 Å². The van der Waals surface area contributed by atoms with Crippen LogP contribution in [0.25, 0.3) is 0 Å². The molecule has 1 aliphatic rings. The van der Waals surface area contributed by atoms with E-state index in [-0.39, 0.29) is 0 Å². The van der Waals surface area contributed by atoms with Crippen molar-refractivity contribution in [2.45, 2.75) is 5.92 Å². The number of nitrogens with zero attached hydrogens (tertiary/aromatic N) is 1. The lowest BCUT2D eigenvalue weighted by Gasteiger charge is -2.15. The second-order valence-corrected chi connectivity index (χ2v) is 4.19. The molecular weight excluding hydrogens is 230 g/mol. The Labute approximate surface area is 98.4 Å². The Morgan fingerprint density at radius 1 is 1.62 bits per heavy atom. The molecule has 1 atom stereocenters. The van der Waals surface area contributed by atoms with Gasteiger partial charge in [0.2, 0.25) is 0 Å². The monoisotopic (exact) mass is 241 g/mol. The van der Waals surface area contributed by atoms with Gasteiger partial charge in [-0.1, -0.05) is 11.6 Å². The molecular formula is C11H12ClNO3. The molecule has 86 valence electrons. The summed E-state index contributed by atoms with van der Waals surface area (Å²) in [6, 6.07) is 3.43. The maximum atomic E-state index is 11.1. The quantitative estimate of drug-likeness (QED) is 0.860. The van der Waals surface area contributed by atoms with Crippen molar-refractivity contribution in [3.8, 4) is 5.75 Å². The number of methoxy groups -OCH3 is 1. The number of benzene rings is 1. The molecule has 1 N–H and O–H groups in total. The van der Waals surface area contributed by atoms with E-state index >= 15 is 0 Å². The first-order valence-electron chi connectivity index (χ1n) is 4.86. The van der Waals surface area contributed by atoms with Gasteiger partial charge < -0.3 is 14.7 Å². The van der Waals surface area contributed by atoms with Crippen molar-refractivity contribution < 1.29 is 14.6 Å². The zero-order valence-corrected chi connectivity index (χ0v) is 9.78. The number of fused-ring (bicyclic) bond motifs is 1. The lowest BCUT2D eigenvalue weighted by atomic mass is 10.0. The molecule has 16 heavy (non-hydrogen) atoms. The lowest BCUT2D eigenvalue weighted by Crippen LogP contribution is -2.20. The Kier molecular flexibility index (Phi) is 2.68. The fourth-order valence-electron chi connectivity index (χ4n) is 2.11. The van der Waals surface area contributed by atoms with Crippen LogP contribution < -0.4 is 9.64 Å². The van der Waals surface area contributed by atoms with Crippen LogP contribution in [-0.4, -0.2) is 31.8 Å². The molecule has 1 aromatic carbocycles. The van der Waals surface area contributed by atoms with E-state index in [9.17, 15) is 4.79 Å². The number of aliphatic carboxylic acids is 1. The number of hydrogen-bond donors (Lipinski definition) is 1. The summed E-state index contributed by atoms with van der Waals surface area (Å²) >= 11 is 6.06. The van der Waals surface area contributed by atoms with Crippen LogP contribution in [0.3, 0.4) is 0 Å². The highest BCUT2D eigenvalue weighted by atomic mass is 35.5. The number of likely N-dealkylation sites (N-methyl/N-ethyl adjacent to an activating group) is 1. The van der Waals surface area contributed by atoms with Crippen LogP contribution in [0.15, 0.2) is 12.1 Å². The molecule has 0 aliphatic carbocycles. The van der Waals surface area contributed by atoms with E-state index in [0.29, 0.717) is 22.9 Å². The number of carbonyl (C=O) groups is 1. The minimum absolute atomic E-state index is 0.421. The minimum atomic E-state index is -0.860. The molecule has 2 rings (SSSR count). The molecule has 0 spiro atoms. The first-order valence-corrected chi connectivity index (χ1v) is 5.24. The molecule has 4 nitrogen and oxygen atoms in total. The SMILES string of the molecule is COc1ccc(Cl)c2c1N(C)CC2C(=O)O. The fraction of sp³-hybridized carbons (Fsp3) is 0.364. The number of hydrogen-bond acceptors (Lipinski definition) is 3. The standard InChI is InChI=1S/C11H12ClNO3/c1-13-5-6(11(14)15)9-7(12)3-4-8(16-2)10(9)13/h3-4,6H,5H2,1-2H3,(H,14,15). The van der Waals surface area contributed by atoms with Crippen LogP contribution in [0, 0.1) is 0 Å². The zero-order valence-electron chi connectivity index (χ0n) is 9.03. The predicted molar refractivity (Wildman–Crippen MR) is 61.7 cm³/mol. The Morgan fingerprint density at radius 3 is 2.88 bits per heavy atom. The van der Waals surface area contributed by atoms with E-state index in [1.165, 1.54) is 0 Å². The van der Waals surface area contributed by atoms with E-state index in [2.05, 4.69) is 0 Å². The molecule has 1 heterocycles. The van der Waals surface area contributed by atoms with Gasteiger partial charge in [-0.05, 0) is 12.1 Å². The number of halogens is 1. The van der Waals surface area contributed by atoms with Crippen LogP contribution in [0.1, 0.15) is 11.5 Å². The topological polar surface area (TPSA) is 49.8 Å². The van der Waals surface area contributed by atoms with Gasteiger partial charge in [-0.25, -0.2) is 0 Å². The normalized spacial score (nSPS) is 18.4. The summed E-state index contributed by atoms with van der Waals surface area (Å²) in [6.07, 6.45) is 0. The molecule has 0 saturated heterocycles. The van der Waals surface area contributed by atoms with Gasteiger partial charge in [0.25, 0.3) is 0 Å². The van der Waals surface area contributed by atoms with Crippen LogP contribution in [0.4, 0.5) is 5.69 Å². The van der Waals surface area contributed by atoms with E-state index in [1.807, 2.05) is 11.9 Å². The van der Waals surface area contributed by atoms with Crippen molar-refractivity contribution in [2.24, 2.45) is 0 Å². The van der Waals surface area contributed by atoms with Gasteiger partial charge >= 0.3 is 5.97 Å². The summed E-state index contributed by atoms with van der Waals surface area (Å²) in [5.74, 6) is -0.783. The van der Waals surface area contributed by atoms with Crippen molar-refractivity contribution in [2.75, 3.05) is 25.6 Å². The van der Waals surface area contributed by atoms with E-state index < -0.39 is 11.9 Å². The van der Waals surface area contributed by atoms with Crippen molar-refractivity contribution in [1.29, 1.82) is 0 Å². The highest BCUT2D eigenvalue weighted by molar-refractivity contribution is 6.32. The average molecular weight is 242 g/mol. The Bertz CT molecular complexity index is 447. The van der Waals surface area contributed by atoms with E-state index in [0.717, 1.165) is 5.69 Å². The van der Waals surface area contributed by atoms with E-state index in [1.54, 1.807) is 19.2 Å². The minimum Gasteiger partial charge on any atom is -0.495 e. The van der Waals surface area contributed by atoms with Gasteiger partial charge in [0.15, 0.2) is 0 Å². The van der Waals surface area contributed by atoms with Gasteiger partial charge in [-0.3, -0.25) is 4.79 Å². The van der Waals surface area contributed by atoms with Crippen molar-refractivity contribution in [3.05, 3.63) is 22.7 Å². The summed E-state index contributed by atoms with van der Waals surface area (Å²) in [5.41, 5.74) is 1.43. The lowest BCUT2D eigenvalue weighted by molar-refractivity contribution is -0.138. The second-order valence-electron chi connectivity index (χ2n) is 3.78. The fourth-order valence-corrected chi connectivity index (χ4v) is 2.40. The molecule has 0 fully saturated rings. The molecule has 5 heteroatoms. The third-order valence-corrected chi connectivity index (χ3v) is 3.16. The molecule has 0 bridgehead atoms. The van der Waals surface area contributed by atoms with Gasteiger partial charge in [0, 0.05) is 24.2 Å². The van der Waals surface area contributed by atoms with Gasteiger partial charge in [0.05, 0.1) is 12.8 Å². The van der Waals surface area contributed by atoms with Crippen LogP contribution in [0.2, 0.25) is 5.02 Å². The maximum absolute atomic E-state index is 11.1. The van der Waals surface area contributed by atoms with Crippen molar-refractivity contribution in [3.63, 3.8) is 0 Å². The number of ether oxygens (including phenoxy) is 1. The summed E-state index contributed by atoms with van der Waals surface area (Å²) in [7, 11) is 3.39. The number of carboxylic acid groups (broad SMARTS) is 1. The van der Waals surface area contributed by atoms with Gasteiger partial charge in [-0.15, -0.1) is 0 Å². The zero-order chi connectivity index (χ0) is 11.9. The molecule has 1 unspecified atom stereocenters. The highest BCUT2D eigenvalue weighted by Crippen LogP contribution is 2.45. The molecule has 1 aromatic rings. The Morgan fingerprint density at radius 2 is 2.31 bits per heavy atom. The van der Waals surface area contributed by atoms with Gasteiger partial charge in [0.1, 0.15) is 11.7 Å².